The Hall–Kier alpha value is -3.07. The van der Waals surface area contributed by atoms with Crippen molar-refractivity contribution in [2.24, 2.45) is 0 Å². The van der Waals surface area contributed by atoms with Crippen LogP contribution in [0.15, 0.2) is 23.0 Å². The van der Waals surface area contributed by atoms with E-state index in [1.54, 1.807) is 13.8 Å². The number of ether oxygens (including phenoxy) is 1. The molecule has 2 heterocycles. The summed E-state index contributed by atoms with van der Waals surface area (Å²) in [7, 11) is 0. The number of phenolic OH excluding ortho intramolecular Hbond substituents is 2. The van der Waals surface area contributed by atoms with Crippen molar-refractivity contribution in [1.29, 1.82) is 0 Å². The van der Waals surface area contributed by atoms with E-state index in [-0.39, 0.29) is 36.1 Å². The first kappa shape index (κ1) is 17.7. The van der Waals surface area contributed by atoms with E-state index in [9.17, 15) is 24.9 Å². The van der Waals surface area contributed by atoms with E-state index >= 15 is 0 Å². The Morgan fingerprint density at radius 1 is 1.31 bits per heavy atom. The molecule has 26 heavy (non-hydrogen) atoms. The summed E-state index contributed by atoms with van der Waals surface area (Å²) in [6.07, 6.45) is 0. The topological polar surface area (TPSA) is 134 Å². The average Bonchev–Trinajstić information content (AvgIpc) is 2.59. The van der Waals surface area contributed by atoms with Gasteiger partial charge >= 0.3 is 0 Å². The van der Waals surface area contributed by atoms with Crippen molar-refractivity contribution in [3.63, 3.8) is 0 Å². The summed E-state index contributed by atoms with van der Waals surface area (Å²) in [5.74, 6) is -1.79. The van der Waals surface area contributed by atoms with Gasteiger partial charge in [-0.3, -0.25) is 14.2 Å². The average molecular weight is 361 g/mol. The second kappa shape index (κ2) is 6.34. The number of hydrogen-bond donors (Lipinski definition) is 4. The van der Waals surface area contributed by atoms with Gasteiger partial charge in [-0.25, -0.2) is 4.98 Å². The number of hydrogen-bond acceptors (Lipinski definition) is 7. The Morgan fingerprint density at radius 2 is 2.04 bits per heavy atom. The zero-order chi connectivity index (χ0) is 19.1. The quantitative estimate of drug-likeness (QED) is 0.587. The molecule has 9 nitrogen and oxygen atoms in total. The first-order chi connectivity index (χ1) is 12.2. The molecule has 9 heteroatoms. The van der Waals surface area contributed by atoms with Crippen LogP contribution < -0.4 is 10.9 Å². The van der Waals surface area contributed by atoms with Crippen molar-refractivity contribution in [3.05, 3.63) is 45.6 Å². The second-order valence-electron chi connectivity index (χ2n) is 6.45. The van der Waals surface area contributed by atoms with Crippen LogP contribution in [-0.4, -0.2) is 37.4 Å². The maximum absolute atomic E-state index is 12.4. The van der Waals surface area contributed by atoms with Crippen molar-refractivity contribution in [3.8, 4) is 17.2 Å². The number of aromatic hydroxyl groups is 3. The fraction of sp³-hybridized carbons (Fsp3) is 0.353. The number of aromatic nitrogens is 2. The zero-order valence-electron chi connectivity index (χ0n) is 14.3. The molecule has 1 aromatic heterocycles. The summed E-state index contributed by atoms with van der Waals surface area (Å²) < 4.78 is 6.89. The van der Waals surface area contributed by atoms with Gasteiger partial charge in [-0.15, -0.1) is 0 Å². The van der Waals surface area contributed by atoms with Gasteiger partial charge in [0.25, 0.3) is 11.5 Å². The lowest BCUT2D eigenvalue weighted by molar-refractivity contribution is -0.0566. The first-order valence-corrected chi connectivity index (χ1v) is 7.98. The van der Waals surface area contributed by atoms with E-state index in [0.717, 1.165) is 0 Å². The van der Waals surface area contributed by atoms with Crippen LogP contribution in [-0.2, 0) is 23.4 Å². The molecule has 0 saturated heterocycles. The van der Waals surface area contributed by atoms with Crippen LogP contribution in [0.1, 0.15) is 35.7 Å². The van der Waals surface area contributed by atoms with Crippen LogP contribution in [0, 0.1) is 0 Å². The van der Waals surface area contributed by atoms with E-state index in [1.165, 1.54) is 22.8 Å². The molecule has 3 rings (SSSR count). The molecular weight excluding hydrogens is 342 g/mol. The molecule has 138 valence electrons. The van der Waals surface area contributed by atoms with Crippen LogP contribution >= 0.6 is 0 Å². The second-order valence-corrected chi connectivity index (χ2v) is 6.45. The van der Waals surface area contributed by atoms with E-state index in [1.807, 2.05) is 0 Å². The molecule has 1 amide bonds. The van der Waals surface area contributed by atoms with E-state index in [2.05, 4.69) is 10.3 Å². The van der Waals surface area contributed by atoms with E-state index in [0.29, 0.717) is 12.2 Å². The molecule has 0 saturated carbocycles. The zero-order valence-corrected chi connectivity index (χ0v) is 14.3. The smallest absolute Gasteiger partial charge is 0.296 e. The Morgan fingerprint density at radius 3 is 2.73 bits per heavy atom. The minimum absolute atomic E-state index is 0.00606. The van der Waals surface area contributed by atoms with Crippen molar-refractivity contribution in [1.82, 2.24) is 14.9 Å². The van der Waals surface area contributed by atoms with Crippen LogP contribution in [0.4, 0.5) is 0 Å². The molecule has 2 aromatic rings. The maximum atomic E-state index is 12.4. The molecule has 1 aliphatic rings. The Labute approximate surface area is 148 Å². The number of rotatable bonds is 3. The van der Waals surface area contributed by atoms with Gasteiger partial charge in [0.2, 0.25) is 5.75 Å². The van der Waals surface area contributed by atoms with Crippen molar-refractivity contribution in [2.45, 2.75) is 32.5 Å². The molecule has 0 aliphatic carbocycles. The summed E-state index contributed by atoms with van der Waals surface area (Å²) in [6, 6.07) is 4.10. The molecule has 1 aromatic carbocycles. The van der Waals surface area contributed by atoms with Gasteiger partial charge in [0.15, 0.2) is 17.2 Å². The van der Waals surface area contributed by atoms with Gasteiger partial charge < -0.3 is 25.4 Å². The van der Waals surface area contributed by atoms with Gasteiger partial charge in [-0.1, -0.05) is 6.07 Å². The molecule has 1 aliphatic heterocycles. The highest BCUT2D eigenvalue weighted by molar-refractivity contribution is 5.94. The fourth-order valence-electron chi connectivity index (χ4n) is 2.77. The number of benzene rings is 1. The molecule has 0 atom stereocenters. The third kappa shape index (κ3) is 3.08. The van der Waals surface area contributed by atoms with Crippen LogP contribution in [0.5, 0.6) is 17.2 Å². The normalized spacial score (nSPS) is 15.3. The number of nitrogens with zero attached hydrogens (tertiary/aromatic N) is 2. The van der Waals surface area contributed by atoms with Gasteiger partial charge in [0.1, 0.15) is 11.4 Å². The highest BCUT2D eigenvalue weighted by atomic mass is 16.5. The highest BCUT2D eigenvalue weighted by Gasteiger charge is 2.34. The van der Waals surface area contributed by atoms with Crippen molar-refractivity contribution >= 4 is 5.91 Å². The molecule has 0 bridgehead atoms. The van der Waals surface area contributed by atoms with Crippen LogP contribution in [0.3, 0.4) is 0 Å². The van der Waals surface area contributed by atoms with Gasteiger partial charge in [-0.05, 0) is 31.5 Å². The Bertz CT molecular complexity index is 935. The lowest BCUT2D eigenvalue weighted by Crippen LogP contribution is -2.42. The molecule has 0 radical (unpaired) electrons. The van der Waals surface area contributed by atoms with E-state index < -0.39 is 22.8 Å². The largest absolute Gasteiger partial charge is 0.504 e. The monoisotopic (exact) mass is 361 g/mol. The minimum atomic E-state index is -0.872. The van der Waals surface area contributed by atoms with Gasteiger partial charge in [0, 0.05) is 6.54 Å². The molecular formula is C17H19N3O6. The molecule has 0 unspecified atom stereocenters. The summed E-state index contributed by atoms with van der Waals surface area (Å²) in [5.41, 5.74) is -1.43. The summed E-state index contributed by atoms with van der Waals surface area (Å²) in [4.78, 5) is 28.9. The predicted octanol–water partition coefficient (Wildman–Crippen LogP) is 0.555. The predicted molar refractivity (Wildman–Crippen MR) is 90.1 cm³/mol. The van der Waals surface area contributed by atoms with E-state index in [4.69, 9.17) is 4.74 Å². The number of fused-ring (bicyclic) bond motifs is 1. The number of carbonyl (C=O) groups is 1. The Balaban J connectivity index is 1.89. The first-order valence-electron chi connectivity index (χ1n) is 7.98. The number of phenols is 2. The minimum Gasteiger partial charge on any atom is -0.504 e. The van der Waals surface area contributed by atoms with Gasteiger partial charge in [-0.2, -0.15) is 0 Å². The maximum Gasteiger partial charge on any atom is 0.296 e. The van der Waals surface area contributed by atoms with Crippen LogP contribution in [0.25, 0.3) is 0 Å². The van der Waals surface area contributed by atoms with Gasteiger partial charge in [0.05, 0.1) is 13.2 Å². The van der Waals surface area contributed by atoms with Crippen molar-refractivity contribution < 1.29 is 24.9 Å². The SMILES string of the molecule is CC1(C)OCCn2c1nc(C(=O)NCc1ccc(O)c(O)c1)c(O)c2=O. The molecule has 0 fully saturated rings. The standard InChI is InChI=1S/C17H19N3O6/c1-17(2)16-19-12(13(23)15(25)20(16)5-6-26-17)14(24)18-8-9-3-4-10(21)11(22)7-9/h3-4,7,21-23H,5-6,8H2,1-2H3,(H,18,24). The lowest BCUT2D eigenvalue weighted by Gasteiger charge is -2.32. The number of carbonyl (C=O) groups excluding carboxylic acids is 1. The third-order valence-corrected chi connectivity index (χ3v) is 4.17. The molecule has 4 N–H and O–H groups in total. The number of amides is 1. The van der Waals surface area contributed by atoms with Crippen LogP contribution in [0.2, 0.25) is 0 Å². The molecule has 0 spiro atoms. The fourth-order valence-corrected chi connectivity index (χ4v) is 2.77. The summed E-state index contributed by atoms with van der Waals surface area (Å²) in [6.45, 7) is 4.00. The van der Waals surface area contributed by atoms with Crippen molar-refractivity contribution in [2.75, 3.05) is 6.61 Å². The number of nitrogens with one attached hydrogen (secondary N) is 1. The Kier molecular flexibility index (Phi) is 4.33. The summed E-state index contributed by atoms with van der Waals surface area (Å²) in [5, 5.41) is 31.4. The lowest BCUT2D eigenvalue weighted by atomic mass is 10.1. The highest BCUT2D eigenvalue weighted by Crippen LogP contribution is 2.27. The summed E-state index contributed by atoms with van der Waals surface area (Å²) >= 11 is 0. The third-order valence-electron chi connectivity index (χ3n) is 4.17.